The van der Waals surface area contributed by atoms with Crippen molar-refractivity contribution in [3.63, 3.8) is 0 Å². The van der Waals surface area contributed by atoms with Gasteiger partial charge < -0.3 is 9.31 Å². The highest BCUT2D eigenvalue weighted by Gasteiger charge is 2.53. The van der Waals surface area contributed by atoms with Crippen LogP contribution in [0.5, 0.6) is 0 Å². The molecule has 0 saturated carbocycles. The molecule has 2 aliphatic rings. The fraction of sp³-hybridized carbons (Fsp3) is 0.429. The molecule has 0 amide bonds. The van der Waals surface area contributed by atoms with E-state index >= 15 is 0 Å². The molecule has 2 nitrogen and oxygen atoms in total. The van der Waals surface area contributed by atoms with Crippen molar-refractivity contribution in [3.8, 4) is 11.1 Å². The summed E-state index contributed by atoms with van der Waals surface area (Å²) in [5, 5.41) is 0. The van der Waals surface area contributed by atoms with Gasteiger partial charge in [0, 0.05) is 5.41 Å². The lowest BCUT2D eigenvalue weighted by Crippen LogP contribution is -2.45. The van der Waals surface area contributed by atoms with Gasteiger partial charge in [0.25, 0.3) is 0 Å². The second kappa shape index (κ2) is 5.02. The third-order valence-corrected chi connectivity index (χ3v) is 6.50. The fourth-order valence-corrected chi connectivity index (χ4v) is 4.19. The minimum atomic E-state index is -0.333. The van der Waals surface area contributed by atoms with Gasteiger partial charge in [-0.3, -0.25) is 0 Å². The molecule has 0 radical (unpaired) electrons. The van der Waals surface area contributed by atoms with Crippen molar-refractivity contribution < 1.29 is 9.31 Å². The van der Waals surface area contributed by atoms with E-state index in [1.807, 2.05) is 0 Å². The predicted molar refractivity (Wildman–Crippen MR) is 108 cm³/mol. The zero-order valence-corrected chi connectivity index (χ0v) is 16.4. The van der Waals surface area contributed by atoms with Crippen LogP contribution >= 0.6 is 0 Å². The van der Waals surface area contributed by atoms with E-state index in [0.29, 0.717) is 0 Å². The monoisotopic (exact) mass is 332 g/mol. The standard InChI is InChI=1S/C21H26B2O2/c1-19(2)14-10-8-7-9-13(14)17-15(19)11-12-16(22)18(17)23-24-20(3,4)21(5,6)25-23/h7-12H,22H2,1-6H3. The molecule has 25 heavy (non-hydrogen) atoms. The number of benzene rings is 2. The van der Waals surface area contributed by atoms with Gasteiger partial charge in [0.1, 0.15) is 7.85 Å². The average molecular weight is 332 g/mol. The first-order valence-corrected chi connectivity index (χ1v) is 9.16. The van der Waals surface area contributed by atoms with E-state index in [1.165, 1.54) is 33.2 Å². The van der Waals surface area contributed by atoms with E-state index in [1.54, 1.807) is 0 Å². The second-order valence-corrected chi connectivity index (χ2v) is 8.98. The molecule has 1 aliphatic heterocycles. The molecule has 1 saturated heterocycles. The molecule has 0 bridgehead atoms. The summed E-state index contributed by atoms with van der Waals surface area (Å²) in [5.74, 6) is 0. The quantitative estimate of drug-likeness (QED) is 0.748. The first kappa shape index (κ1) is 16.9. The molecule has 4 heteroatoms. The van der Waals surface area contributed by atoms with Gasteiger partial charge in [-0.15, -0.1) is 0 Å². The fourth-order valence-electron chi connectivity index (χ4n) is 4.19. The van der Waals surface area contributed by atoms with Crippen molar-refractivity contribution in [1.29, 1.82) is 0 Å². The van der Waals surface area contributed by atoms with Crippen molar-refractivity contribution >= 4 is 25.9 Å². The van der Waals surface area contributed by atoms with Crippen LogP contribution < -0.4 is 10.9 Å². The van der Waals surface area contributed by atoms with E-state index in [-0.39, 0.29) is 23.7 Å². The maximum absolute atomic E-state index is 6.42. The lowest BCUT2D eigenvalue weighted by atomic mass is 9.66. The summed E-state index contributed by atoms with van der Waals surface area (Å²) in [4.78, 5) is 0. The lowest BCUT2D eigenvalue weighted by molar-refractivity contribution is 0.00578. The summed E-state index contributed by atoms with van der Waals surface area (Å²) >= 11 is 0. The average Bonchev–Trinajstić information content (AvgIpc) is 2.87. The molecule has 2 aromatic rings. The number of fused-ring (bicyclic) bond motifs is 3. The zero-order chi connectivity index (χ0) is 18.2. The van der Waals surface area contributed by atoms with Gasteiger partial charge in [0.05, 0.1) is 11.2 Å². The van der Waals surface area contributed by atoms with Crippen LogP contribution in [0.25, 0.3) is 11.1 Å². The van der Waals surface area contributed by atoms with Crippen LogP contribution in [0.3, 0.4) is 0 Å². The summed E-state index contributed by atoms with van der Waals surface area (Å²) in [6.07, 6.45) is 0. The topological polar surface area (TPSA) is 18.5 Å². The Hall–Kier alpha value is -1.51. The van der Waals surface area contributed by atoms with Gasteiger partial charge in [-0.05, 0) is 55.4 Å². The summed E-state index contributed by atoms with van der Waals surface area (Å²) in [6.45, 7) is 13.1. The number of hydrogen-bond acceptors (Lipinski definition) is 2. The Morgan fingerprint density at radius 3 is 2.04 bits per heavy atom. The third-order valence-electron chi connectivity index (χ3n) is 6.50. The minimum absolute atomic E-state index is 0.00197. The van der Waals surface area contributed by atoms with Crippen molar-refractivity contribution in [3.05, 3.63) is 47.5 Å². The van der Waals surface area contributed by atoms with Gasteiger partial charge >= 0.3 is 7.12 Å². The van der Waals surface area contributed by atoms with Gasteiger partial charge in [0.2, 0.25) is 0 Å². The molecular weight excluding hydrogens is 306 g/mol. The molecule has 1 heterocycles. The van der Waals surface area contributed by atoms with Crippen LogP contribution in [0, 0.1) is 0 Å². The minimum Gasteiger partial charge on any atom is -0.399 e. The van der Waals surface area contributed by atoms with Crippen LogP contribution in [0.4, 0.5) is 0 Å². The summed E-state index contributed by atoms with van der Waals surface area (Å²) in [6, 6.07) is 13.2. The highest BCUT2D eigenvalue weighted by molar-refractivity contribution is 6.69. The van der Waals surface area contributed by atoms with E-state index in [9.17, 15) is 0 Å². The Labute approximate surface area is 152 Å². The van der Waals surface area contributed by atoms with Gasteiger partial charge in [-0.2, -0.15) is 0 Å². The Morgan fingerprint density at radius 2 is 1.40 bits per heavy atom. The Morgan fingerprint density at radius 1 is 0.800 bits per heavy atom. The molecule has 0 unspecified atom stereocenters. The van der Waals surface area contributed by atoms with Crippen molar-refractivity contribution in [2.75, 3.05) is 0 Å². The van der Waals surface area contributed by atoms with Gasteiger partial charge in [-0.1, -0.05) is 55.7 Å². The molecular formula is C21H26B2O2. The molecule has 0 spiro atoms. The predicted octanol–water partition coefficient (Wildman–Crippen LogP) is 2.55. The molecule has 1 fully saturated rings. The number of rotatable bonds is 1. The van der Waals surface area contributed by atoms with Crippen LogP contribution in [0.2, 0.25) is 0 Å². The second-order valence-electron chi connectivity index (χ2n) is 8.98. The van der Waals surface area contributed by atoms with Crippen LogP contribution in [-0.2, 0) is 14.7 Å². The summed E-state index contributed by atoms with van der Waals surface area (Å²) < 4.78 is 12.8. The third kappa shape index (κ3) is 2.20. The van der Waals surface area contributed by atoms with Crippen LogP contribution in [-0.4, -0.2) is 26.2 Å². The van der Waals surface area contributed by atoms with Crippen molar-refractivity contribution in [2.45, 2.75) is 58.2 Å². The summed E-state index contributed by atoms with van der Waals surface area (Å²) in [7, 11) is 1.83. The van der Waals surface area contributed by atoms with Gasteiger partial charge in [-0.25, -0.2) is 0 Å². The van der Waals surface area contributed by atoms with E-state index in [0.717, 1.165) is 0 Å². The molecule has 2 aromatic carbocycles. The smallest absolute Gasteiger partial charge is 0.399 e. The summed E-state index contributed by atoms with van der Waals surface area (Å²) in [5.41, 5.74) is 7.12. The molecule has 4 rings (SSSR count). The number of hydrogen-bond donors (Lipinski definition) is 0. The first-order valence-electron chi connectivity index (χ1n) is 9.16. The lowest BCUT2D eigenvalue weighted by Gasteiger charge is -2.32. The van der Waals surface area contributed by atoms with Crippen molar-refractivity contribution in [1.82, 2.24) is 0 Å². The van der Waals surface area contributed by atoms with Crippen LogP contribution in [0.1, 0.15) is 52.7 Å². The van der Waals surface area contributed by atoms with E-state index < -0.39 is 0 Å². The largest absolute Gasteiger partial charge is 0.494 e. The van der Waals surface area contributed by atoms with E-state index in [2.05, 4.69) is 85.8 Å². The Bertz CT molecular complexity index is 852. The highest BCUT2D eigenvalue weighted by Crippen LogP contribution is 2.48. The Kier molecular flexibility index (Phi) is 3.40. The normalized spacial score (nSPS) is 21.9. The molecule has 1 aliphatic carbocycles. The molecule has 0 atom stereocenters. The molecule has 0 N–H and O–H groups in total. The highest BCUT2D eigenvalue weighted by atomic mass is 16.7. The van der Waals surface area contributed by atoms with Gasteiger partial charge in [0.15, 0.2) is 0 Å². The van der Waals surface area contributed by atoms with Crippen LogP contribution in [0.15, 0.2) is 36.4 Å². The maximum Gasteiger partial charge on any atom is 0.494 e. The molecule has 128 valence electrons. The maximum atomic E-state index is 6.42. The van der Waals surface area contributed by atoms with E-state index in [4.69, 9.17) is 9.31 Å². The molecule has 0 aromatic heterocycles. The Balaban J connectivity index is 1.96. The zero-order valence-electron chi connectivity index (χ0n) is 16.4. The first-order chi connectivity index (χ1) is 11.6. The van der Waals surface area contributed by atoms with Crippen molar-refractivity contribution in [2.24, 2.45) is 0 Å². The SMILES string of the molecule is Bc1ccc2c(c1B1OC(C)(C)C(C)(C)O1)-c1ccccc1C2(C)C.